The van der Waals surface area contributed by atoms with Gasteiger partial charge in [-0.15, -0.1) is 0 Å². The summed E-state index contributed by atoms with van der Waals surface area (Å²) in [5.74, 6) is 0.811. The molecule has 6 heteroatoms. The fourth-order valence-electron chi connectivity index (χ4n) is 3.23. The number of nitrogens with one attached hydrogen (secondary N) is 2. The summed E-state index contributed by atoms with van der Waals surface area (Å²) in [6.07, 6.45) is 7.65. The minimum absolute atomic E-state index is 0.120. The fraction of sp³-hybridized carbons (Fsp3) is 0.429. The average molecular weight is 369 g/mol. The van der Waals surface area contributed by atoms with Crippen LogP contribution >= 0.6 is 0 Å². The first-order valence-electron chi connectivity index (χ1n) is 9.40. The van der Waals surface area contributed by atoms with Gasteiger partial charge in [0.15, 0.2) is 0 Å². The molecule has 3 rings (SSSR count). The second-order valence-electron chi connectivity index (χ2n) is 6.82. The number of carbonyl (C=O) groups excluding carboxylic acids is 1. The molecule has 2 aromatic rings. The summed E-state index contributed by atoms with van der Waals surface area (Å²) in [5, 5.41) is 5.98. The zero-order valence-electron chi connectivity index (χ0n) is 15.7. The largest absolute Gasteiger partial charge is 0.497 e. The molecular formula is C21H27N3O3. The Morgan fingerprint density at radius 3 is 2.56 bits per heavy atom. The summed E-state index contributed by atoms with van der Waals surface area (Å²) in [7, 11) is 1.64. The quantitative estimate of drug-likeness (QED) is 0.784. The molecule has 1 aliphatic rings. The van der Waals surface area contributed by atoms with Gasteiger partial charge < -0.3 is 20.1 Å². The molecule has 0 unspecified atom stereocenters. The topological polar surface area (TPSA) is 72.5 Å². The van der Waals surface area contributed by atoms with Gasteiger partial charge in [-0.1, -0.05) is 18.2 Å². The van der Waals surface area contributed by atoms with Gasteiger partial charge in [0.1, 0.15) is 5.75 Å². The molecule has 0 spiro atoms. The zero-order valence-corrected chi connectivity index (χ0v) is 15.7. The maximum absolute atomic E-state index is 12.1. The Labute approximate surface area is 160 Å². The third-order valence-corrected chi connectivity index (χ3v) is 4.83. The number of pyridine rings is 1. The Hall–Kier alpha value is -2.60. The molecule has 0 aliphatic heterocycles. The number of hydrogen-bond acceptors (Lipinski definition) is 4. The smallest absolute Gasteiger partial charge is 0.315 e. The van der Waals surface area contributed by atoms with Gasteiger partial charge in [-0.25, -0.2) is 4.79 Å². The van der Waals surface area contributed by atoms with Crippen molar-refractivity contribution >= 4 is 6.03 Å². The van der Waals surface area contributed by atoms with Crippen LogP contribution < -0.4 is 15.4 Å². The van der Waals surface area contributed by atoms with Crippen molar-refractivity contribution in [1.29, 1.82) is 0 Å². The molecule has 1 saturated carbocycles. The summed E-state index contributed by atoms with van der Waals surface area (Å²) in [4.78, 5) is 16.2. The van der Waals surface area contributed by atoms with Crippen LogP contribution in [0.25, 0.3) is 0 Å². The van der Waals surface area contributed by atoms with Crippen molar-refractivity contribution in [2.24, 2.45) is 0 Å². The highest BCUT2D eigenvalue weighted by Gasteiger charge is 2.22. The van der Waals surface area contributed by atoms with Crippen molar-refractivity contribution in [2.75, 3.05) is 7.11 Å². The van der Waals surface area contributed by atoms with Crippen molar-refractivity contribution in [2.45, 2.75) is 51.0 Å². The summed E-state index contributed by atoms with van der Waals surface area (Å²) < 4.78 is 11.1. The molecule has 0 bridgehead atoms. The fourth-order valence-corrected chi connectivity index (χ4v) is 3.23. The maximum Gasteiger partial charge on any atom is 0.315 e. The molecule has 144 valence electrons. The second-order valence-corrected chi connectivity index (χ2v) is 6.82. The number of amides is 2. The van der Waals surface area contributed by atoms with E-state index in [0.29, 0.717) is 13.2 Å². The SMILES string of the molecule is COc1ccc(CNC(=O)NC2CCC(OCc3cccnc3)CC2)cc1. The number of rotatable bonds is 7. The molecule has 27 heavy (non-hydrogen) atoms. The number of carbonyl (C=O) groups is 1. The van der Waals surface area contributed by atoms with Crippen LogP contribution in [0.5, 0.6) is 5.75 Å². The van der Waals surface area contributed by atoms with Crippen molar-refractivity contribution in [1.82, 2.24) is 15.6 Å². The van der Waals surface area contributed by atoms with E-state index < -0.39 is 0 Å². The molecule has 1 aromatic carbocycles. The third-order valence-electron chi connectivity index (χ3n) is 4.83. The summed E-state index contributed by atoms with van der Waals surface area (Å²) in [6, 6.07) is 11.7. The molecule has 6 nitrogen and oxygen atoms in total. The van der Waals surface area contributed by atoms with E-state index in [2.05, 4.69) is 15.6 Å². The van der Waals surface area contributed by atoms with Crippen LogP contribution in [0.2, 0.25) is 0 Å². The Morgan fingerprint density at radius 1 is 1.11 bits per heavy atom. The van der Waals surface area contributed by atoms with Crippen LogP contribution in [0.15, 0.2) is 48.8 Å². The molecule has 1 heterocycles. The summed E-state index contributed by atoms with van der Waals surface area (Å²) in [6.45, 7) is 1.10. The molecule has 1 fully saturated rings. The normalized spacial score (nSPS) is 19.3. The van der Waals surface area contributed by atoms with E-state index in [4.69, 9.17) is 9.47 Å². The highest BCUT2D eigenvalue weighted by atomic mass is 16.5. The van der Waals surface area contributed by atoms with Gasteiger partial charge in [0.2, 0.25) is 0 Å². The summed E-state index contributed by atoms with van der Waals surface area (Å²) in [5.41, 5.74) is 2.13. The number of hydrogen-bond donors (Lipinski definition) is 2. The van der Waals surface area contributed by atoms with Gasteiger partial charge in [0.25, 0.3) is 0 Å². The van der Waals surface area contributed by atoms with Crippen LogP contribution in [0.1, 0.15) is 36.8 Å². The van der Waals surface area contributed by atoms with Crippen molar-refractivity contribution < 1.29 is 14.3 Å². The molecule has 0 saturated heterocycles. The van der Waals surface area contributed by atoms with Gasteiger partial charge in [-0.05, 0) is 55.0 Å². The van der Waals surface area contributed by atoms with Gasteiger partial charge >= 0.3 is 6.03 Å². The monoisotopic (exact) mass is 369 g/mol. The lowest BCUT2D eigenvalue weighted by molar-refractivity contribution is 0.0119. The molecule has 0 radical (unpaired) electrons. The number of ether oxygens (including phenoxy) is 2. The standard InChI is InChI=1S/C21H27N3O3/c1-26-19-8-4-16(5-9-19)14-23-21(25)24-18-6-10-20(11-7-18)27-15-17-3-2-12-22-13-17/h2-5,8-9,12-13,18,20H,6-7,10-11,14-15H2,1H3,(H2,23,24,25). The van der Waals surface area contributed by atoms with Crippen LogP contribution in [0.3, 0.4) is 0 Å². The highest BCUT2D eigenvalue weighted by molar-refractivity contribution is 5.74. The number of methoxy groups -OCH3 is 1. The van der Waals surface area contributed by atoms with Crippen LogP contribution in [-0.2, 0) is 17.9 Å². The number of benzene rings is 1. The van der Waals surface area contributed by atoms with E-state index in [-0.39, 0.29) is 18.2 Å². The van der Waals surface area contributed by atoms with E-state index in [9.17, 15) is 4.79 Å². The van der Waals surface area contributed by atoms with Crippen LogP contribution in [0, 0.1) is 0 Å². The molecule has 2 amide bonds. The first-order chi connectivity index (χ1) is 13.2. The average Bonchev–Trinajstić information content (AvgIpc) is 2.73. The number of aromatic nitrogens is 1. The zero-order chi connectivity index (χ0) is 18.9. The van der Waals surface area contributed by atoms with E-state index in [1.807, 2.05) is 42.6 Å². The van der Waals surface area contributed by atoms with E-state index in [0.717, 1.165) is 42.6 Å². The predicted molar refractivity (Wildman–Crippen MR) is 103 cm³/mol. The molecule has 1 aromatic heterocycles. The second kappa shape index (κ2) is 9.92. The van der Waals surface area contributed by atoms with E-state index >= 15 is 0 Å². The minimum atomic E-state index is -0.120. The van der Waals surface area contributed by atoms with Gasteiger partial charge in [-0.2, -0.15) is 0 Å². The molecule has 0 atom stereocenters. The Balaban J connectivity index is 1.32. The lowest BCUT2D eigenvalue weighted by Crippen LogP contribution is -2.44. The van der Waals surface area contributed by atoms with Crippen molar-refractivity contribution in [3.63, 3.8) is 0 Å². The summed E-state index contributed by atoms with van der Waals surface area (Å²) >= 11 is 0. The lowest BCUT2D eigenvalue weighted by Gasteiger charge is -2.29. The maximum atomic E-state index is 12.1. The minimum Gasteiger partial charge on any atom is -0.497 e. The lowest BCUT2D eigenvalue weighted by atomic mass is 9.93. The first kappa shape index (κ1) is 19.2. The molecule has 1 aliphatic carbocycles. The van der Waals surface area contributed by atoms with Crippen LogP contribution in [0.4, 0.5) is 4.79 Å². The number of nitrogens with zero attached hydrogens (tertiary/aromatic N) is 1. The first-order valence-corrected chi connectivity index (χ1v) is 9.40. The Kier molecular flexibility index (Phi) is 7.04. The van der Waals surface area contributed by atoms with Crippen molar-refractivity contribution in [3.05, 3.63) is 59.9 Å². The molecular weight excluding hydrogens is 342 g/mol. The van der Waals surface area contributed by atoms with Crippen molar-refractivity contribution in [3.8, 4) is 5.75 Å². The van der Waals surface area contributed by atoms with Gasteiger partial charge in [0.05, 0.1) is 19.8 Å². The van der Waals surface area contributed by atoms with Gasteiger partial charge in [-0.3, -0.25) is 4.98 Å². The van der Waals surface area contributed by atoms with Crippen LogP contribution in [-0.4, -0.2) is 30.3 Å². The Morgan fingerprint density at radius 2 is 1.89 bits per heavy atom. The third kappa shape index (κ3) is 6.25. The number of urea groups is 1. The van der Waals surface area contributed by atoms with Gasteiger partial charge in [0, 0.05) is 25.0 Å². The predicted octanol–water partition coefficient (Wildman–Crippen LogP) is 3.42. The highest BCUT2D eigenvalue weighted by Crippen LogP contribution is 2.22. The molecule has 2 N–H and O–H groups in total. The Bertz CT molecular complexity index is 698. The van der Waals surface area contributed by atoms with E-state index in [1.54, 1.807) is 13.3 Å². The van der Waals surface area contributed by atoms with E-state index in [1.165, 1.54) is 0 Å².